The van der Waals surface area contributed by atoms with Crippen molar-refractivity contribution in [2.75, 3.05) is 17.2 Å². The van der Waals surface area contributed by atoms with E-state index in [0.717, 1.165) is 17.5 Å². The topological polar surface area (TPSA) is 105 Å². The van der Waals surface area contributed by atoms with E-state index in [1.165, 1.54) is 6.92 Å². The molecule has 7 heteroatoms. The molecule has 3 aromatic rings. The Bertz CT molecular complexity index is 1400. The Kier molecular flexibility index (Phi) is 9.28. The molecule has 3 N–H and O–H groups in total. The zero-order valence-electron chi connectivity index (χ0n) is 24.4. The first-order chi connectivity index (χ1) is 19.5. The maximum absolute atomic E-state index is 13.9. The lowest BCUT2D eigenvalue weighted by Crippen LogP contribution is -2.56. The molecule has 4 atom stereocenters. The lowest BCUT2D eigenvalue weighted by atomic mass is 9.61. The van der Waals surface area contributed by atoms with Gasteiger partial charge in [-0.15, -0.1) is 0 Å². The summed E-state index contributed by atoms with van der Waals surface area (Å²) in [5.74, 6) is -3.39. The molecule has 41 heavy (non-hydrogen) atoms. The standard InChI is InChI=1S/C34H40N2O5/c1-21(2)18-19-41-25-16-14-24(15-17-25)29-30(32(38)35-26-12-8-6-10-22(26)3)28(37)20-34(5,40)31(29)33(39)36-27-13-9-7-11-23(27)4/h6-17,21,29-31,40H,18-20H2,1-5H3,(H,35,38)(H,36,39). The molecule has 1 saturated carbocycles. The van der Waals surface area contributed by atoms with E-state index in [0.29, 0.717) is 35.2 Å². The summed E-state index contributed by atoms with van der Waals surface area (Å²) in [6, 6.07) is 21.8. The Morgan fingerprint density at radius 1 is 0.902 bits per heavy atom. The summed E-state index contributed by atoms with van der Waals surface area (Å²) in [7, 11) is 0. The van der Waals surface area contributed by atoms with Crippen LogP contribution in [0.4, 0.5) is 11.4 Å². The van der Waals surface area contributed by atoms with Gasteiger partial charge in [0.15, 0.2) is 0 Å². The monoisotopic (exact) mass is 556 g/mol. The third kappa shape index (κ3) is 7.03. The number of ketones is 1. The molecular weight excluding hydrogens is 516 g/mol. The number of benzene rings is 3. The molecule has 0 bridgehead atoms. The Morgan fingerprint density at radius 3 is 1.98 bits per heavy atom. The van der Waals surface area contributed by atoms with E-state index in [4.69, 9.17) is 4.74 Å². The molecule has 4 unspecified atom stereocenters. The average Bonchev–Trinajstić information content (AvgIpc) is 2.90. The quantitative estimate of drug-likeness (QED) is 0.279. The zero-order valence-corrected chi connectivity index (χ0v) is 24.4. The van der Waals surface area contributed by atoms with E-state index in [2.05, 4.69) is 24.5 Å². The maximum Gasteiger partial charge on any atom is 0.235 e. The molecule has 1 fully saturated rings. The number of carbonyl (C=O) groups excluding carboxylic acids is 3. The fourth-order valence-electron chi connectivity index (χ4n) is 5.54. The van der Waals surface area contributed by atoms with Crippen molar-refractivity contribution in [2.24, 2.45) is 17.8 Å². The number of aliphatic hydroxyl groups is 1. The van der Waals surface area contributed by atoms with Crippen LogP contribution in [-0.4, -0.2) is 34.9 Å². The van der Waals surface area contributed by atoms with Crippen LogP contribution in [0.5, 0.6) is 5.75 Å². The fraction of sp³-hybridized carbons (Fsp3) is 0.382. The molecule has 0 aliphatic heterocycles. The van der Waals surface area contributed by atoms with Gasteiger partial charge in [0.05, 0.1) is 18.1 Å². The van der Waals surface area contributed by atoms with Crippen molar-refractivity contribution in [3.8, 4) is 5.75 Å². The molecule has 0 radical (unpaired) electrons. The van der Waals surface area contributed by atoms with Gasteiger partial charge in [0.2, 0.25) is 11.8 Å². The third-order valence-corrected chi connectivity index (χ3v) is 7.87. The number of anilines is 2. The molecule has 2 amide bonds. The number of carbonyl (C=O) groups is 3. The minimum atomic E-state index is -1.68. The molecule has 7 nitrogen and oxygen atoms in total. The van der Waals surface area contributed by atoms with Crippen molar-refractivity contribution >= 4 is 29.0 Å². The van der Waals surface area contributed by atoms with Gasteiger partial charge in [-0.3, -0.25) is 14.4 Å². The molecular formula is C34H40N2O5. The van der Waals surface area contributed by atoms with Crippen LogP contribution in [0.15, 0.2) is 72.8 Å². The number of amides is 2. The van der Waals surface area contributed by atoms with Crippen molar-refractivity contribution in [2.45, 2.75) is 59.0 Å². The second-order valence-electron chi connectivity index (χ2n) is 11.7. The Labute approximate surface area is 242 Å². The smallest absolute Gasteiger partial charge is 0.235 e. The van der Waals surface area contributed by atoms with Crippen LogP contribution in [0.1, 0.15) is 56.2 Å². The van der Waals surface area contributed by atoms with Crippen molar-refractivity contribution in [3.05, 3.63) is 89.5 Å². The number of ether oxygens (including phenoxy) is 1. The van der Waals surface area contributed by atoms with Gasteiger partial charge in [-0.2, -0.15) is 0 Å². The van der Waals surface area contributed by atoms with Crippen LogP contribution >= 0.6 is 0 Å². The SMILES string of the molecule is Cc1ccccc1NC(=O)C1C(=O)CC(C)(O)C(C(=O)Nc2ccccc2C)C1c1ccc(OCCC(C)C)cc1. The Hall–Kier alpha value is -3.97. The summed E-state index contributed by atoms with van der Waals surface area (Å²) >= 11 is 0. The first-order valence-corrected chi connectivity index (χ1v) is 14.2. The number of para-hydroxylation sites is 2. The Morgan fingerprint density at radius 2 is 1.44 bits per heavy atom. The van der Waals surface area contributed by atoms with Gasteiger partial charge in [-0.05, 0) is 74.1 Å². The normalized spacial score (nSPS) is 22.3. The number of hydrogen-bond donors (Lipinski definition) is 3. The van der Waals surface area contributed by atoms with Gasteiger partial charge in [-0.25, -0.2) is 0 Å². The van der Waals surface area contributed by atoms with Crippen LogP contribution in [0.25, 0.3) is 0 Å². The van der Waals surface area contributed by atoms with Crippen LogP contribution in [0.2, 0.25) is 0 Å². The molecule has 4 rings (SSSR count). The summed E-state index contributed by atoms with van der Waals surface area (Å²) in [6.07, 6.45) is 0.585. The number of aryl methyl sites for hydroxylation is 2. The average molecular weight is 557 g/mol. The van der Waals surface area contributed by atoms with Gasteiger partial charge < -0.3 is 20.5 Å². The zero-order chi connectivity index (χ0) is 29.7. The van der Waals surface area contributed by atoms with Crippen molar-refractivity contribution in [1.82, 2.24) is 0 Å². The molecule has 3 aromatic carbocycles. The molecule has 216 valence electrons. The number of nitrogens with one attached hydrogen (secondary N) is 2. The maximum atomic E-state index is 13.9. The first kappa shape index (κ1) is 30.0. The van der Waals surface area contributed by atoms with Crippen LogP contribution in [0.3, 0.4) is 0 Å². The summed E-state index contributed by atoms with van der Waals surface area (Å²) in [5, 5.41) is 17.4. The predicted octanol–water partition coefficient (Wildman–Crippen LogP) is 6.05. The van der Waals surface area contributed by atoms with Crippen LogP contribution < -0.4 is 15.4 Å². The van der Waals surface area contributed by atoms with Gasteiger partial charge in [0, 0.05) is 23.7 Å². The summed E-state index contributed by atoms with van der Waals surface area (Å²) < 4.78 is 5.88. The third-order valence-electron chi connectivity index (χ3n) is 7.87. The van der Waals surface area contributed by atoms with E-state index in [9.17, 15) is 19.5 Å². The highest BCUT2D eigenvalue weighted by atomic mass is 16.5. The molecule has 1 aliphatic rings. The van der Waals surface area contributed by atoms with E-state index >= 15 is 0 Å². The van der Waals surface area contributed by atoms with Gasteiger partial charge in [0.25, 0.3) is 0 Å². The highest BCUT2D eigenvalue weighted by Crippen LogP contribution is 2.47. The molecule has 0 aromatic heterocycles. The minimum absolute atomic E-state index is 0.322. The van der Waals surface area contributed by atoms with Crippen LogP contribution in [0, 0.1) is 31.6 Å². The van der Waals surface area contributed by atoms with E-state index in [1.54, 1.807) is 36.4 Å². The van der Waals surface area contributed by atoms with Crippen LogP contribution in [-0.2, 0) is 14.4 Å². The fourth-order valence-corrected chi connectivity index (χ4v) is 5.54. The first-order valence-electron chi connectivity index (χ1n) is 14.2. The second kappa shape index (κ2) is 12.7. The van der Waals surface area contributed by atoms with E-state index in [-0.39, 0.29) is 6.42 Å². The second-order valence-corrected chi connectivity index (χ2v) is 11.7. The van der Waals surface area contributed by atoms with Gasteiger partial charge in [0.1, 0.15) is 17.5 Å². The van der Waals surface area contributed by atoms with Gasteiger partial charge >= 0.3 is 0 Å². The van der Waals surface area contributed by atoms with Crippen molar-refractivity contribution < 1.29 is 24.2 Å². The highest BCUT2D eigenvalue weighted by molar-refractivity contribution is 6.10. The van der Waals surface area contributed by atoms with E-state index < -0.39 is 41.0 Å². The molecule has 0 spiro atoms. The molecule has 0 heterocycles. The van der Waals surface area contributed by atoms with E-state index in [1.807, 2.05) is 50.2 Å². The van der Waals surface area contributed by atoms with Crippen molar-refractivity contribution in [1.29, 1.82) is 0 Å². The number of Topliss-reactive ketones (excluding diaryl/α,β-unsaturated/α-hetero) is 1. The van der Waals surface area contributed by atoms with Crippen molar-refractivity contribution in [3.63, 3.8) is 0 Å². The minimum Gasteiger partial charge on any atom is -0.494 e. The largest absolute Gasteiger partial charge is 0.494 e. The lowest BCUT2D eigenvalue weighted by Gasteiger charge is -2.44. The molecule has 1 aliphatic carbocycles. The predicted molar refractivity (Wildman–Crippen MR) is 161 cm³/mol. The number of rotatable bonds is 9. The van der Waals surface area contributed by atoms with Gasteiger partial charge in [-0.1, -0.05) is 62.4 Å². The molecule has 0 saturated heterocycles. The Balaban J connectivity index is 1.73. The lowest BCUT2D eigenvalue weighted by molar-refractivity contribution is -0.150. The summed E-state index contributed by atoms with van der Waals surface area (Å²) in [4.78, 5) is 41.3. The number of hydrogen-bond acceptors (Lipinski definition) is 5. The summed E-state index contributed by atoms with van der Waals surface area (Å²) in [5.41, 5.74) is 1.84. The highest BCUT2D eigenvalue weighted by Gasteiger charge is 2.56. The summed E-state index contributed by atoms with van der Waals surface area (Å²) in [6.45, 7) is 10.1.